The molecule has 2 rings (SSSR count). The number of amides is 1. The van der Waals surface area contributed by atoms with Crippen molar-refractivity contribution in [3.8, 4) is 6.07 Å². The molecular weight excluding hydrogens is 428 g/mol. The number of ether oxygens (including phenoxy) is 1. The van der Waals surface area contributed by atoms with Crippen LogP contribution in [0.3, 0.4) is 0 Å². The van der Waals surface area contributed by atoms with Crippen molar-refractivity contribution in [1.29, 1.82) is 5.26 Å². The Bertz CT molecular complexity index is 1240. The molecule has 1 aromatic carbocycles. The van der Waals surface area contributed by atoms with E-state index < -0.39 is 11.4 Å². The fourth-order valence-corrected chi connectivity index (χ4v) is 3.61. The molecule has 32 heavy (non-hydrogen) atoms. The first-order valence-corrected chi connectivity index (χ1v) is 10.7. The number of carbonyl (C=O) groups is 2. The van der Waals surface area contributed by atoms with Gasteiger partial charge in [0.15, 0.2) is 5.57 Å². The Morgan fingerprint density at radius 2 is 2.00 bits per heavy atom. The van der Waals surface area contributed by atoms with Crippen molar-refractivity contribution >= 4 is 46.4 Å². The van der Waals surface area contributed by atoms with Gasteiger partial charge in [0.1, 0.15) is 21.9 Å². The molecule has 1 aromatic heterocycles. The Morgan fingerprint density at radius 1 is 1.31 bits per heavy atom. The molecule has 9 heteroatoms. The van der Waals surface area contributed by atoms with E-state index in [0.29, 0.717) is 15.9 Å². The van der Waals surface area contributed by atoms with Gasteiger partial charge in [-0.2, -0.15) is 5.26 Å². The number of thiazole rings is 1. The number of nitriles is 1. The third-order valence-electron chi connectivity index (χ3n) is 4.26. The quantitative estimate of drug-likeness (QED) is 0.490. The van der Waals surface area contributed by atoms with Gasteiger partial charge in [0.05, 0.1) is 0 Å². The Kier molecular flexibility index (Phi) is 8.15. The highest BCUT2D eigenvalue weighted by Gasteiger charge is 2.21. The summed E-state index contributed by atoms with van der Waals surface area (Å²) in [6.45, 7) is 10.9. The maximum absolute atomic E-state index is 12.8. The molecule has 0 aliphatic heterocycles. The van der Waals surface area contributed by atoms with Crippen LogP contribution in [-0.2, 0) is 20.9 Å². The van der Waals surface area contributed by atoms with E-state index in [1.54, 1.807) is 31.2 Å². The number of benzene rings is 1. The fourth-order valence-electron chi connectivity index (χ4n) is 2.53. The van der Waals surface area contributed by atoms with E-state index in [0.717, 1.165) is 11.3 Å². The van der Waals surface area contributed by atoms with Crippen molar-refractivity contribution in [2.24, 2.45) is 5.41 Å². The molecule has 1 amide bonds. The summed E-state index contributed by atoms with van der Waals surface area (Å²) in [5, 5.41) is 15.3. The minimum atomic E-state index is -0.808. The van der Waals surface area contributed by atoms with Crippen LogP contribution in [0, 0.1) is 16.7 Å². The van der Waals surface area contributed by atoms with Gasteiger partial charge in [-0.1, -0.05) is 39.5 Å². The molecule has 2 aromatic rings. The number of aromatic nitrogens is 1. The number of nitrogens with one attached hydrogen (secondary N) is 2. The van der Waals surface area contributed by atoms with Crippen LogP contribution in [0.25, 0.3) is 11.8 Å². The second kappa shape index (κ2) is 10.6. The Labute approximate surface area is 190 Å². The largest absolute Gasteiger partial charge is 0.457 e. The van der Waals surface area contributed by atoms with Gasteiger partial charge in [-0.05, 0) is 25.1 Å². The zero-order chi connectivity index (χ0) is 23.9. The van der Waals surface area contributed by atoms with E-state index in [1.165, 1.54) is 16.8 Å². The van der Waals surface area contributed by atoms with Crippen LogP contribution in [-0.4, -0.2) is 23.1 Å². The lowest BCUT2D eigenvalue weighted by atomic mass is 9.95. The SMILES string of the molecule is C=CCOC(=O)/C(C#N)=c1\s/c(=C/Nc2cccc(NC(=O)C(C)(C)C)c2)c(=O)n1CC. The van der Waals surface area contributed by atoms with Gasteiger partial charge in [0, 0.05) is 29.5 Å². The van der Waals surface area contributed by atoms with Crippen LogP contribution in [0.15, 0.2) is 41.7 Å². The highest BCUT2D eigenvalue weighted by atomic mass is 32.1. The summed E-state index contributed by atoms with van der Waals surface area (Å²) in [5.41, 5.74) is 0.176. The standard InChI is InChI=1S/C23H26N4O4S/c1-6-11-31-21(29)17(13-24)20-27(7-2)19(28)18(32-20)14-25-15-9-8-10-16(12-15)26-22(30)23(3,4)5/h6,8-10,12,14,25H,1,7,11H2,2-5H3,(H,26,30)/b18-14+,20-17-. The normalized spacial score (nSPS) is 12.5. The number of carbonyl (C=O) groups excluding carboxylic acids is 2. The van der Waals surface area contributed by atoms with E-state index in [4.69, 9.17) is 4.74 Å². The summed E-state index contributed by atoms with van der Waals surface area (Å²) in [6.07, 6.45) is 2.91. The van der Waals surface area contributed by atoms with Crippen molar-refractivity contribution in [1.82, 2.24) is 4.57 Å². The number of hydrogen-bond acceptors (Lipinski definition) is 7. The molecule has 0 saturated carbocycles. The first kappa shape index (κ1) is 24.6. The van der Waals surface area contributed by atoms with E-state index >= 15 is 0 Å². The van der Waals surface area contributed by atoms with Crippen LogP contribution >= 0.6 is 11.3 Å². The van der Waals surface area contributed by atoms with E-state index in [9.17, 15) is 19.6 Å². The third kappa shape index (κ3) is 5.95. The minimum Gasteiger partial charge on any atom is -0.457 e. The topological polar surface area (TPSA) is 113 Å². The molecule has 8 nitrogen and oxygen atoms in total. The highest BCUT2D eigenvalue weighted by molar-refractivity contribution is 7.07. The molecule has 0 aliphatic rings. The second-order valence-electron chi connectivity index (χ2n) is 7.77. The van der Waals surface area contributed by atoms with Gasteiger partial charge in [-0.3, -0.25) is 14.2 Å². The Balaban J connectivity index is 2.42. The lowest BCUT2D eigenvalue weighted by Gasteiger charge is -2.18. The van der Waals surface area contributed by atoms with Crippen LogP contribution in [0.5, 0.6) is 0 Å². The van der Waals surface area contributed by atoms with Gasteiger partial charge >= 0.3 is 5.97 Å². The zero-order valence-electron chi connectivity index (χ0n) is 18.5. The van der Waals surface area contributed by atoms with Crippen LogP contribution < -0.4 is 25.4 Å². The van der Waals surface area contributed by atoms with Crippen molar-refractivity contribution in [2.45, 2.75) is 34.2 Å². The molecule has 0 fully saturated rings. The number of anilines is 2. The van der Waals surface area contributed by atoms with Crippen LogP contribution in [0.1, 0.15) is 27.7 Å². The summed E-state index contributed by atoms with van der Waals surface area (Å²) in [6, 6.07) is 8.91. The molecule has 2 N–H and O–H groups in total. The lowest BCUT2D eigenvalue weighted by Crippen LogP contribution is -2.32. The second-order valence-corrected chi connectivity index (χ2v) is 8.80. The van der Waals surface area contributed by atoms with Crippen molar-refractivity contribution in [3.05, 3.63) is 56.5 Å². The summed E-state index contributed by atoms with van der Waals surface area (Å²) in [4.78, 5) is 37.2. The maximum Gasteiger partial charge on any atom is 0.352 e. The average molecular weight is 455 g/mol. The van der Waals surface area contributed by atoms with Gasteiger partial charge in [0.25, 0.3) is 5.56 Å². The van der Waals surface area contributed by atoms with Crippen molar-refractivity contribution < 1.29 is 14.3 Å². The minimum absolute atomic E-state index is 0.0334. The van der Waals surface area contributed by atoms with Crippen molar-refractivity contribution in [3.63, 3.8) is 0 Å². The first-order valence-electron chi connectivity index (χ1n) is 9.92. The zero-order valence-corrected chi connectivity index (χ0v) is 19.3. The number of rotatable bonds is 7. The predicted octanol–water partition coefficient (Wildman–Crippen LogP) is 2.17. The smallest absolute Gasteiger partial charge is 0.352 e. The van der Waals surface area contributed by atoms with Crippen LogP contribution in [0.4, 0.5) is 11.4 Å². The molecule has 0 radical (unpaired) electrons. The fraction of sp³-hybridized carbons (Fsp3) is 0.304. The summed E-state index contributed by atoms with van der Waals surface area (Å²) in [7, 11) is 0. The van der Waals surface area contributed by atoms with Crippen LogP contribution in [0.2, 0.25) is 0 Å². The van der Waals surface area contributed by atoms with E-state index in [1.807, 2.05) is 26.8 Å². The average Bonchev–Trinajstić information content (AvgIpc) is 3.05. The van der Waals surface area contributed by atoms with Gasteiger partial charge < -0.3 is 15.4 Å². The molecule has 0 saturated heterocycles. The Hall–Kier alpha value is -3.64. The Morgan fingerprint density at radius 3 is 2.59 bits per heavy atom. The summed E-state index contributed by atoms with van der Waals surface area (Å²) in [5.74, 6) is -0.923. The van der Waals surface area contributed by atoms with E-state index in [2.05, 4.69) is 17.2 Å². The van der Waals surface area contributed by atoms with Gasteiger partial charge in [0.2, 0.25) is 5.91 Å². The van der Waals surface area contributed by atoms with Gasteiger partial charge in [-0.25, -0.2) is 4.79 Å². The molecule has 1 heterocycles. The summed E-state index contributed by atoms with van der Waals surface area (Å²) >= 11 is 1.02. The number of hydrogen-bond donors (Lipinski definition) is 2. The maximum atomic E-state index is 12.8. The summed E-state index contributed by atoms with van der Waals surface area (Å²) < 4.78 is 6.86. The van der Waals surface area contributed by atoms with Crippen molar-refractivity contribution in [2.75, 3.05) is 17.2 Å². The molecular formula is C23H26N4O4S. The number of nitrogens with zero attached hydrogens (tertiary/aromatic N) is 2. The monoisotopic (exact) mass is 454 g/mol. The lowest BCUT2D eigenvalue weighted by molar-refractivity contribution is -0.135. The predicted molar refractivity (Wildman–Crippen MR) is 126 cm³/mol. The highest BCUT2D eigenvalue weighted by Crippen LogP contribution is 2.20. The molecule has 168 valence electrons. The van der Waals surface area contributed by atoms with E-state index in [-0.39, 0.29) is 34.9 Å². The first-order chi connectivity index (χ1) is 15.1. The molecule has 0 bridgehead atoms. The third-order valence-corrected chi connectivity index (χ3v) is 5.39. The molecule has 0 spiro atoms. The molecule has 0 atom stereocenters. The molecule has 0 unspecified atom stereocenters. The molecule has 0 aliphatic carbocycles. The number of esters is 1. The van der Waals surface area contributed by atoms with Gasteiger partial charge in [-0.15, -0.1) is 11.3 Å².